The molecule has 0 spiro atoms. The molecule has 0 aliphatic rings. The molecule has 0 bridgehead atoms. The standard InChI is InChI=1S/C6H12F3N/c1-3-5(4(2)10)6(7,8)9/h4-5H,3,10H2,1-2H3/t4?,5-/m1/s1. The van der Waals surface area contributed by atoms with Gasteiger partial charge in [-0.15, -0.1) is 0 Å². The van der Waals surface area contributed by atoms with Gasteiger partial charge in [0.15, 0.2) is 0 Å². The number of rotatable bonds is 2. The van der Waals surface area contributed by atoms with Crippen LogP contribution in [0.15, 0.2) is 0 Å². The maximum atomic E-state index is 11.9. The molecule has 0 fully saturated rings. The Kier molecular flexibility index (Phi) is 3.15. The van der Waals surface area contributed by atoms with Crippen molar-refractivity contribution >= 4 is 0 Å². The third-order valence-corrected chi connectivity index (χ3v) is 1.49. The molecule has 2 atom stereocenters. The fourth-order valence-electron chi connectivity index (χ4n) is 0.901. The Morgan fingerprint density at radius 1 is 1.40 bits per heavy atom. The maximum Gasteiger partial charge on any atom is 0.393 e. The predicted molar refractivity (Wildman–Crippen MR) is 33.5 cm³/mol. The average Bonchev–Trinajstić information content (AvgIpc) is 1.60. The third-order valence-electron chi connectivity index (χ3n) is 1.49. The molecule has 0 saturated heterocycles. The van der Waals surface area contributed by atoms with Crippen LogP contribution in [-0.2, 0) is 0 Å². The lowest BCUT2D eigenvalue weighted by Gasteiger charge is -2.21. The SMILES string of the molecule is CC[C@H](C(C)N)C(F)(F)F. The van der Waals surface area contributed by atoms with Crippen molar-refractivity contribution < 1.29 is 13.2 Å². The molecular weight excluding hydrogens is 143 g/mol. The molecule has 0 saturated carbocycles. The molecule has 0 aromatic heterocycles. The van der Waals surface area contributed by atoms with Crippen LogP contribution in [0.3, 0.4) is 0 Å². The van der Waals surface area contributed by atoms with Gasteiger partial charge in [-0.05, 0) is 13.3 Å². The zero-order valence-corrected chi connectivity index (χ0v) is 6.07. The highest BCUT2D eigenvalue weighted by Crippen LogP contribution is 2.30. The maximum absolute atomic E-state index is 11.9. The van der Waals surface area contributed by atoms with Crippen LogP contribution < -0.4 is 5.73 Å². The van der Waals surface area contributed by atoms with E-state index < -0.39 is 18.1 Å². The van der Waals surface area contributed by atoms with Crippen LogP contribution >= 0.6 is 0 Å². The molecule has 1 nitrogen and oxygen atoms in total. The van der Waals surface area contributed by atoms with Crippen molar-refractivity contribution in [3.05, 3.63) is 0 Å². The van der Waals surface area contributed by atoms with Crippen molar-refractivity contribution in [3.8, 4) is 0 Å². The van der Waals surface area contributed by atoms with E-state index in [0.29, 0.717) is 0 Å². The molecule has 10 heavy (non-hydrogen) atoms. The third kappa shape index (κ3) is 2.56. The monoisotopic (exact) mass is 155 g/mol. The summed E-state index contributed by atoms with van der Waals surface area (Å²) >= 11 is 0. The number of alkyl halides is 3. The van der Waals surface area contributed by atoms with Crippen molar-refractivity contribution in [2.24, 2.45) is 11.7 Å². The lowest BCUT2D eigenvalue weighted by Crippen LogP contribution is -2.37. The second-order valence-electron chi connectivity index (χ2n) is 2.42. The molecule has 4 heteroatoms. The summed E-state index contributed by atoms with van der Waals surface area (Å²) in [6.45, 7) is 2.86. The van der Waals surface area contributed by atoms with Gasteiger partial charge in [0.2, 0.25) is 0 Å². The molecular formula is C6H12F3N. The van der Waals surface area contributed by atoms with Crippen molar-refractivity contribution in [1.82, 2.24) is 0 Å². The molecule has 0 aliphatic heterocycles. The number of halogens is 3. The van der Waals surface area contributed by atoms with Gasteiger partial charge in [-0.1, -0.05) is 6.92 Å². The Labute approximate surface area is 58.4 Å². The van der Waals surface area contributed by atoms with E-state index in [0.717, 1.165) is 0 Å². The average molecular weight is 155 g/mol. The summed E-state index contributed by atoms with van der Waals surface area (Å²) in [4.78, 5) is 0. The molecule has 0 heterocycles. The molecule has 0 aliphatic carbocycles. The van der Waals surface area contributed by atoms with Gasteiger partial charge in [0.05, 0.1) is 5.92 Å². The van der Waals surface area contributed by atoms with Crippen LogP contribution in [-0.4, -0.2) is 12.2 Å². The summed E-state index contributed by atoms with van der Waals surface area (Å²) in [7, 11) is 0. The lowest BCUT2D eigenvalue weighted by atomic mass is 9.99. The predicted octanol–water partition coefficient (Wildman–Crippen LogP) is 1.92. The Morgan fingerprint density at radius 2 is 1.80 bits per heavy atom. The summed E-state index contributed by atoms with van der Waals surface area (Å²) in [5.74, 6) is -1.35. The number of hydrogen-bond donors (Lipinski definition) is 1. The van der Waals surface area contributed by atoms with Crippen molar-refractivity contribution in [3.63, 3.8) is 0 Å². The second-order valence-corrected chi connectivity index (χ2v) is 2.42. The van der Waals surface area contributed by atoms with Crippen LogP contribution in [0, 0.1) is 5.92 Å². The highest BCUT2D eigenvalue weighted by atomic mass is 19.4. The van der Waals surface area contributed by atoms with Gasteiger partial charge >= 0.3 is 6.18 Å². The van der Waals surface area contributed by atoms with Gasteiger partial charge in [-0.25, -0.2) is 0 Å². The minimum absolute atomic E-state index is 0.0567. The Morgan fingerprint density at radius 3 is 1.80 bits per heavy atom. The minimum Gasteiger partial charge on any atom is -0.327 e. The molecule has 0 aromatic carbocycles. The molecule has 62 valence electrons. The van der Waals surface area contributed by atoms with Crippen LogP contribution in [0.1, 0.15) is 20.3 Å². The Hall–Kier alpha value is -0.250. The fourth-order valence-corrected chi connectivity index (χ4v) is 0.901. The van der Waals surface area contributed by atoms with E-state index in [1.165, 1.54) is 13.8 Å². The van der Waals surface area contributed by atoms with E-state index >= 15 is 0 Å². The molecule has 1 unspecified atom stereocenters. The van der Waals surface area contributed by atoms with Crippen LogP contribution in [0.4, 0.5) is 13.2 Å². The summed E-state index contributed by atoms with van der Waals surface area (Å²) in [6.07, 6.45) is -4.08. The van der Waals surface area contributed by atoms with E-state index in [4.69, 9.17) is 5.73 Å². The largest absolute Gasteiger partial charge is 0.393 e. The first-order chi connectivity index (χ1) is 4.39. The van der Waals surface area contributed by atoms with Crippen LogP contribution in [0.2, 0.25) is 0 Å². The number of hydrogen-bond acceptors (Lipinski definition) is 1. The van der Waals surface area contributed by atoms with Gasteiger partial charge in [0, 0.05) is 6.04 Å². The first kappa shape index (κ1) is 9.75. The Balaban J connectivity index is 4.07. The van der Waals surface area contributed by atoms with Crippen LogP contribution in [0.5, 0.6) is 0 Å². The summed E-state index contributed by atoms with van der Waals surface area (Å²) in [5.41, 5.74) is 5.11. The molecule has 0 amide bonds. The van der Waals surface area contributed by atoms with Gasteiger partial charge in [-0.3, -0.25) is 0 Å². The minimum atomic E-state index is -4.14. The van der Waals surface area contributed by atoms with Gasteiger partial charge in [0.25, 0.3) is 0 Å². The summed E-state index contributed by atoms with van der Waals surface area (Å²) < 4.78 is 35.7. The normalized spacial score (nSPS) is 18.6. The highest BCUT2D eigenvalue weighted by molar-refractivity contribution is 4.73. The topological polar surface area (TPSA) is 26.0 Å². The quantitative estimate of drug-likeness (QED) is 0.647. The molecule has 0 rings (SSSR count). The zero-order valence-electron chi connectivity index (χ0n) is 6.07. The molecule has 2 N–H and O–H groups in total. The van der Waals surface area contributed by atoms with E-state index in [9.17, 15) is 13.2 Å². The van der Waals surface area contributed by atoms with E-state index in [-0.39, 0.29) is 6.42 Å². The van der Waals surface area contributed by atoms with Gasteiger partial charge in [0.1, 0.15) is 0 Å². The second kappa shape index (κ2) is 3.23. The van der Waals surface area contributed by atoms with Gasteiger partial charge < -0.3 is 5.73 Å². The molecule has 0 radical (unpaired) electrons. The van der Waals surface area contributed by atoms with E-state index in [1.54, 1.807) is 0 Å². The van der Waals surface area contributed by atoms with Crippen molar-refractivity contribution in [1.29, 1.82) is 0 Å². The highest BCUT2D eigenvalue weighted by Gasteiger charge is 2.40. The van der Waals surface area contributed by atoms with Gasteiger partial charge in [-0.2, -0.15) is 13.2 Å². The lowest BCUT2D eigenvalue weighted by molar-refractivity contribution is -0.179. The van der Waals surface area contributed by atoms with Crippen molar-refractivity contribution in [2.45, 2.75) is 32.5 Å². The zero-order chi connectivity index (χ0) is 8.36. The number of nitrogens with two attached hydrogens (primary N) is 1. The Bertz CT molecular complexity index is 97.7. The molecule has 0 aromatic rings. The smallest absolute Gasteiger partial charge is 0.327 e. The summed E-state index contributed by atoms with van der Waals surface area (Å²) in [5, 5.41) is 0. The van der Waals surface area contributed by atoms with E-state index in [1.807, 2.05) is 0 Å². The summed E-state index contributed by atoms with van der Waals surface area (Å²) in [6, 6.07) is -0.801. The first-order valence-electron chi connectivity index (χ1n) is 3.21. The fraction of sp³-hybridized carbons (Fsp3) is 1.00. The van der Waals surface area contributed by atoms with E-state index in [2.05, 4.69) is 0 Å². The first-order valence-corrected chi connectivity index (χ1v) is 3.21. The van der Waals surface area contributed by atoms with Crippen LogP contribution in [0.25, 0.3) is 0 Å². The van der Waals surface area contributed by atoms with Crippen molar-refractivity contribution in [2.75, 3.05) is 0 Å².